The van der Waals surface area contributed by atoms with E-state index in [1.807, 2.05) is 0 Å². The van der Waals surface area contributed by atoms with Crippen LogP contribution in [0.3, 0.4) is 0 Å². The van der Waals surface area contributed by atoms with E-state index in [0.29, 0.717) is 5.92 Å². The van der Waals surface area contributed by atoms with Gasteiger partial charge in [0.25, 0.3) is 0 Å². The lowest BCUT2D eigenvalue weighted by Gasteiger charge is -2.09. The lowest BCUT2D eigenvalue weighted by molar-refractivity contribution is 0.900. The molecule has 0 radical (unpaired) electrons. The summed E-state index contributed by atoms with van der Waals surface area (Å²) in [5, 5.41) is 7.52. The number of pyridine rings is 1. The first-order valence-corrected chi connectivity index (χ1v) is 8.28. The fourth-order valence-corrected chi connectivity index (χ4v) is 3.39. The standard InChI is InChI=1S/C21H18N2/c1-14-7-8-17-12-20(16-5-3-2-4-6-16)23-21(18(17)11-14)13-19(22-23)15-9-10-15/h2-8,11-13,15H,9-10H2,1H3. The van der Waals surface area contributed by atoms with Gasteiger partial charge in [0.05, 0.1) is 16.9 Å². The van der Waals surface area contributed by atoms with Gasteiger partial charge in [0, 0.05) is 16.9 Å². The maximum absolute atomic E-state index is 4.95. The van der Waals surface area contributed by atoms with E-state index in [0.717, 1.165) is 0 Å². The third-order valence-corrected chi connectivity index (χ3v) is 4.80. The summed E-state index contributed by atoms with van der Waals surface area (Å²) in [5.41, 5.74) is 6.15. The van der Waals surface area contributed by atoms with Crippen LogP contribution in [0.2, 0.25) is 0 Å². The second-order valence-electron chi connectivity index (χ2n) is 6.63. The Hall–Kier alpha value is -2.61. The molecule has 2 aromatic heterocycles. The average molecular weight is 298 g/mol. The van der Waals surface area contributed by atoms with Crippen molar-refractivity contribution < 1.29 is 0 Å². The quantitative estimate of drug-likeness (QED) is 0.488. The molecule has 0 amide bonds. The third kappa shape index (κ3) is 2.06. The first-order valence-electron chi connectivity index (χ1n) is 8.28. The normalized spacial score (nSPS) is 14.7. The summed E-state index contributed by atoms with van der Waals surface area (Å²) < 4.78 is 2.14. The van der Waals surface area contributed by atoms with E-state index in [-0.39, 0.29) is 0 Å². The highest BCUT2D eigenvalue weighted by Gasteiger charge is 2.27. The van der Waals surface area contributed by atoms with Crippen LogP contribution in [0, 0.1) is 6.92 Å². The van der Waals surface area contributed by atoms with Crippen LogP contribution < -0.4 is 0 Å². The Kier molecular flexibility index (Phi) is 2.63. The largest absolute Gasteiger partial charge is 0.232 e. The van der Waals surface area contributed by atoms with E-state index >= 15 is 0 Å². The van der Waals surface area contributed by atoms with Gasteiger partial charge in [-0.15, -0.1) is 0 Å². The second kappa shape index (κ2) is 4.69. The molecule has 1 aliphatic carbocycles. The highest BCUT2D eigenvalue weighted by molar-refractivity contribution is 5.99. The monoisotopic (exact) mass is 298 g/mol. The summed E-state index contributed by atoms with van der Waals surface area (Å²) in [6.45, 7) is 2.15. The van der Waals surface area contributed by atoms with Crippen LogP contribution in [0.25, 0.3) is 27.5 Å². The Balaban J connectivity index is 1.90. The summed E-state index contributed by atoms with van der Waals surface area (Å²) in [4.78, 5) is 0. The zero-order valence-electron chi connectivity index (χ0n) is 13.2. The molecule has 0 atom stereocenters. The van der Waals surface area contributed by atoms with Crippen molar-refractivity contribution in [3.63, 3.8) is 0 Å². The van der Waals surface area contributed by atoms with Gasteiger partial charge >= 0.3 is 0 Å². The molecular formula is C21H18N2. The predicted molar refractivity (Wildman–Crippen MR) is 94.8 cm³/mol. The van der Waals surface area contributed by atoms with Gasteiger partial charge in [0.1, 0.15) is 0 Å². The van der Waals surface area contributed by atoms with Crippen LogP contribution in [0.15, 0.2) is 60.7 Å². The van der Waals surface area contributed by atoms with E-state index in [1.165, 1.54) is 51.6 Å². The lowest BCUT2D eigenvalue weighted by atomic mass is 10.0. The Morgan fingerprint density at radius 2 is 1.78 bits per heavy atom. The number of hydrogen-bond acceptors (Lipinski definition) is 1. The fourth-order valence-electron chi connectivity index (χ4n) is 3.39. The molecule has 0 N–H and O–H groups in total. The fraction of sp³-hybridized carbons (Fsp3) is 0.190. The van der Waals surface area contributed by atoms with Crippen LogP contribution in [-0.4, -0.2) is 9.61 Å². The zero-order chi connectivity index (χ0) is 15.4. The minimum Gasteiger partial charge on any atom is -0.232 e. The molecule has 112 valence electrons. The number of aryl methyl sites for hydroxylation is 1. The van der Waals surface area contributed by atoms with Crippen molar-refractivity contribution in [1.29, 1.82) is 0 Å². The van der Waals surface area contributed by atoms with E-state index in [1.54, 1.807) is 0 Å². The van der Waals surface area contributed by atoms with Crippen molar-refractivity contribution in [2.45, 2.75) is 25.7 Å². The smallest absolute Gasteiger partial charge is 0.0750 e. The molecule has 0 aliphatic heterocycles. The minimum atomic E-state index is 0.665. The first kappa shape index (κ1) is 12.9. The predicted octanol–water partition coefficient (Wildman–Crippen LogP) is 5.34. The van der Waals surface area contributed by atoms with Crippen molar-refractivity contribution >= 4 is 16.3 Å². The number of hydrogen-bond donors (Lipinski definition) is 0. The third-order valence-electron chi connectivity index (χ3n) is 4.80. The molecule has 23 heavy (non-hydrogen) atoms. The van der Waals surface area contributed by atoms with Gasteiger partial charge in [-0.3, -0.25) is 0 Å². The average Bonchev–Trinajstić information content (AvgIpc) is 3.34. The van der Waals surface area contributed by atoms with Crippen molar-refractivity contribution in [2.75, 3.05) is 0 Å². The summed E-state index contributed by atoms with van der Waals surface area (Å²) in [7, 11) is 0. The molecule has 1 fully saturated rings. The van der Waals surface area contributed by atoms with Crippen molar-refractivity contribution in [2.24, 2.45) is 0 Å². The lowest BCUT2D eigenvalue weighted by Crippen LogP contribution is -1.96. The molecule has 5 rings (SSSR count). The summed E-state index contributed by atoms with van der Waals surface area (Å²) in [6.07, 6.45) is 2.56. The number of rotatable bonds is 2. The van der Waals surface area contributed by atoms with Crippen LogP contribution in [0.4, 0.5) is 0 Å². The molecule has 0 bridgehead atoms. The van der Waals surface area contributed by atoms with Crippen LogP contribution in [0.5, 0.6) is 0 Å². The van der Waals surface area contributed by atoms with Crippen LogP contribution >= 0.6 is 0 Å². The molecule has 0 spiro atoms. The number of benzene rings is 2. The van der Waals surface area contributed by atoms with Crippen LogP contribution in [0.1, 0.15) is 30.0 Å². The van der Waals surface area contributed by atoms with Gasteiger partial charge in [0.2, 0.25) is 0 Å². The van der Waals surface area contributed by atoms with Gasteiger partial charge in [-0.1, -0.05) is 48.0 Å². The first-order chi connectivity index (χ1) is 11.3. The zero-order valence-corrected chi connectivity index (χ0v) is 13.2. The summed E-state index contributed by atoms with van der Waals surface area (Å²) in [6, 6.07) is 21.8. The Labute approximate surface area is 135 Å². The highest BCUT2D eigenvalue weighted by Crippen LogP contribution is 2.41. The Bertz CT molecular complexity index is 1020. The molecule has 2 nitrogen and oxygen atoms in total. The number of fused-ring (bicyclic) bond motifs is 3. The molecule has 4 aromatic rings. The molecular weight excluding hydrogens is 280 g/mol. The van der Waals surface area contributed by atoms with Crippen molar-refractivity contribution in [3.8, 4) is 11.3 Å². The van der Waals surface area contributed by atoms with Gasteiger partial charge < -0.3 is 0 Å². The van der Waals surface area contributed by atoms with Crippen LogP contribution in [-0.2, 0) is 0 Å². The van der Waals surface area contributed by atoms with E-state index in [9.17, 15) is 0 Å². The molecule has 1 saturated carbocycles. The highest BCUT2D eigenvalue weighted by atomic mass is 15.2. The summed E-state index contributed by atoms with van der Waals surface area (Å²) >= 11 is 0. The molecule has 1 aliphatic rings. The Morgan fingerprint density at radius 3 is 2.57 bits per heavy atom. The van der Waals surface area contributed by atoms with Crippen molar-refractivity contribution in [3.05, 3.63) is 71.9 Å². The maximum atomic E-state index is 4.95. The molecule has 2 heterocycles. The van der Waals surface area contributed by atoms with E-state index < -0.39 is 0 Å². The molecule has 2 heteroatoms. The van der Waals surface area contributed by atoms with E-state index in [4.69, 9.17) is 5.10 Å². The van der Waals surface area contributed by atoms with Gasteiger partial charge in [-0.05, 0) is 43.4 Å². The summed E-state index contributed by atoms with van der Waals surface area (Å²) in [5.74, 6) is 0.665. The topological polar surface area (TPSA) is 17.3 Å². The van der Waals surface area contributed by atoms with Crippen molar-refractivity contribution in [1.82, 2.24) is 9.61 Å². The number of nitrogens with zero attached hydrogens (tertiary/aromatic N) is 2. The van der Waals surface area contributed by atoms with Gasteiger partial charge in [-0.25, -0.2) is 4.52 Å². The second-order valence-corrected chi connectivity index (χ2v) is 6.63. The maximum Gasteiger partial charge on any atom is 0.0750 e. The van der Waals surface area contributed by atoms with E-state index in [2.05, 4.69) is 72.1 Å². The number of aromatic nitrogens is 2. The Morgan fingerprint density at radius 1 is 0.957 bits per heavy atom. The molecule has 0 unspecified atom stereocenters. The molecule has 2 aromatic carbocycles. The SMILES string of the molecule is Cc1ccc2cc(-c3ccccc3)n3nc(C4CC4)cc3c2c1. The minimum absolute atomic E-state index is 0.665. The van der Waals surface area contributed by atoms with Gasteiger partial charge in [-0.2, -0.15) is 5.10 Å². The van der Waals surface area contributed by atoms with Gasteiger partial charge in [0.15, 0.2) is 0 Å². The molecule has 0 saturated heterocycles.